The van der Waals surface area contributed by atoms with Gasteiger partial charge in [0.25, 0.3) is 0 Å². The zero-order valence-corrected chi connectivity index (χ0v) is 12.4. The highest BCUT2D eigenvalue weighted by molar-refractivity contribution is 5.47. The highest BCUT2D eigenvalue weighted by Gasteiger charge is 2.21. The van der Waals surface area contributed by atoms with Gasteiger partial charge >= 0.3 is 0 Å². The first-order valence-corrected chi connectivity index (χ1v) is 7.43. The molecule has 2 rings (SSSR count). The van der Waals surface area contributed by atoms with Gasteiger partial charge in [0.15, 0.2) is 0 Å². The number of aryl methyl sites for hydroxylation is 1. The Morgan fingerprint density at radius 1 is 1.47 bits per heavy atom. The Morgan fingerprint density at radius 3 is 3.00 bits per heavy atom. The first-order chi connectivity index (χ1) is 9.11. The zero-order chi connectivity index (χ0) is 13.8. The van der Waals surface area contributed by atoms with Crippen LogP contribution in [0.2, 0.25) is 0 Å². The molecule has 0 radical (unpaired) electrons. The Morgan fingerprint density at radius 2 is 2.26 bits per heavy atom. The number of nitrogens with one attached hydrogen (secondary N) is 1. The number of hydrogen-bond donors (Lipinski definition) is 2. The lowest BCUT2D eigenvalue weighted by Crippen LogP contribution is -2.35. The fourth-order valence-corrected chi connectivity index (χ4v) is 2.80. The fraction of sp³-hybridized carbons (Fsp3) is 0.625. The maximum atomic E-state index is 5.84. The summed E-state index contributed by atoms with van der Waals surface area (Å²) >= 11 is 0. The molecule has 0 saturated heterocycles. The van der Waals surface area contributed by atoms with Crippen LogP contribution in [0.15, 0.2) is 18.2 Å². The van der Waals surface area contributed by atoms with Crippen LogP contribution in [0.1, 0.15) is 43.9 Å². The van der Waals surface area contributed by atoms with Crippen LogP contribution in [0.5, 0.6) is 0 Å². The van der Waals surface area contributed by atoms with Gasteiger partial charge in [0.05, 0.1) is 0 Å². The molecular formula is C16H27N3. The van der Waals surface area contributed by atoms with Crippen LogP contribution in [0, 0.1) is 0 Å². The van der Waals surface area contributed by atoms with Gasteiger partial charge in [-0.25, -0.2) is 0 Å². The third kappa shape index (κ3) is 3.48. The van der Waals surface area contributed by atoms with Crippen LogP contribution in [0.25, 0.3) is 0 Å². The molecule has 2 unspecified atom stereocenters. The molecule has 0 spiro atoms. The summed E-state index contributed by atoms with van der Waals surface area (Å²) in [6.45, 7) is 6.69. The van der Waals surface area contributed by atoms with E-state index >= 15 is 0 Å². The van der Waals surface area contributed by atoms with Crippen molar-refractivity contribution in [2.24, 2.45) is 0 Å². The summed E-state index contributed by atoms with van der Waals surface area (Å²) in [5, 5.41) is 3.68. The number of nitrogens with two attached hydrogens (primary N) is 1. The molecule has 0 aliphatic heterocycles. The highest BCUT2D eigenvalue weighted by atomic mass is 15.1. The molecule has 0 fully saturated rings. The molecule has 0 bridgehead atoms. The monoisotopic (exact) mass is 261 g/mol. The Kier molecular flexibility index (Phi) is 4.83. The fourth-order valence-electron chi connectivity index (χ4n) is 2.80. The van der Waals surface area contributed by atoms with E-state index in [1.165, 1.54) is 24.0 Å². The van der Waals surface area contributed by atoms with Crippen molar-refractivity contribution in [1.29, 1.82) is 0 Å². The van der Waals surface area contributed by atoms with Gasteiger partial charge in [-0.15, -0.1) is 0 Å². The van der Waals surface area contributed by atoms with Crippen LogP contribution in [0.4, 0.5) is 5.69 Å². The summed E-state index contributed by atoms with van der Waals surface area (Å²) in [4.78, 5) is 2.42. The molecule has 0 amide bonds. The maximum Gasteiger partial charge on any atom is 0.0326 e. The van der Waals surface area contributed by atoms with Crippen LogP contribution in [0.3, 0.4) is 0 Å². The molecule has 19 heavy (non-hydrogen) atoms. The highest BCUT2D eigenvalue weighted by Crippen LogP contribution is 2.32. The van der Waals surface area contributed by atoms with E-state index in [1.54, 1.807) is 0 Å². The number of hydrogen-bond acceptors (Lipinski definition) is 3. The number of fused-ring (bicyclic) bond motifs is 1. The molecule has 0 saturated carbocycles. The van der Waals surface area contributed by atoms with E-state index in [2.05, 4.69) is 43.2 Å². The van der Waals surface area contributed by atoms with Crippen molar-refractivity contribution in [3.05, 3.63) is 29.3 Å². The Bertz CT molecular complexity index is 416. The number of nitrogen functional groups attached to an aromatic ring is 1. The zero-order valence-electron chi connectivity index (χ0n) is 12.4. The number of benzene rings is 1. The van der Waals surface area contributed by atoms with Crippen LogP contribution >= 0.6 is 0 Å². The topological polar surface area (TPSA) is 41.3 Å². The number of nitrogens with zero attached hydrogens (tertiary/aromatic N) is 1. The van der Waals surface area contributed by atoms with Crippen molar-refractivity contribution in [3.63, 3.8) is 0 Å². The number of rotatable bonds is 6. The molecule has 3 nitrogen and oxygen atoms in total. The van der Waals surface area contributed by atoms with Gasteiger partial charge in [-0.05, 0) is 56.5 Å². The van der Waals surface area contributed by atoms with Gasteiger partial charge in [0.2, 0.25) is 0 Å². The molecule has 1 aromatic carbocycles. The molecule has 3 heteroatoms. The van der Waals surface area contributed by atoms with Gasteiger partial charge < -0.3 is 16.0 Å². The Balaban J connectivity index is 1.83. The molecule has 0 heterocycles. The van der Waals surface area contributed by atoms with Gasteiger partial charge in [-0.1, -0.05) is 13.0 Å². The largest absolute Gasteiger partial charge is 0.399 e. The van der Waals surface area contributed by atoms with E-state index in [0.717, 1.165) is 25.2 Å². The van der Waals surface area contributed by atoms with E-state index in [0.29, 0.717) is 12.1 Å². The summed E-state index contributed by atoms with van der Waals surface area (Å²) in [5.41, 5.74) is 9.59. The molecule has 1 aliphatic carbocycles. The molecule has 0 aromatic heterocycles. The quantitative estimate of drug-likeness (QED) is 0.773. The molecular weight excluding hydrogens is 234 g/mol. The van der Waals surface area contributed by atoms with Gasteiger partial charge in [0.1, 0.15) is 0 Å². The average molecular weight is 261 g/mol. The minimum Gasteiger partial charge on any atom is -0.399 e. The van der Waals surface area contributed by atoms with Crippen molar-refractivity contribution in [2.75, 3.05) is 25.9 Å². The molecule has 106 valence electrons. The van der Waals surface area contributed by atoms with Crippen molar-refractivity contribution < 1.29 is 0 Å². The van der Waals surface area contributed by atoms with E-state index < -0.39 is 0 Å². The first-order valence-electron chi connectivity index (χ1n) is 7.43. The third-order valence-electron chi connectivity index (χ3n) is 4.44. The number of likely N-dealkylation sites (N-methyl/N-ethyl adjacent to an activating group) is 1. The second-order valence-electron chi connectivity index (χ2n) is 5.74. The number of anilines is 1. The molecule has 1 aliphatic rings. The van der Waals surface area contributed by atoms with Crippen LogP contribution in [-0.4, -0.2) is 31.1 Å². The summed E-state index contributed by atoms with van der Waals surface area (Å²) in [7, 11) is 2.21. The molecule has 2 atom stereocenters. The van der Waals surface area contributed by atoms with Gasteiger partial charge in [-0.3, -0.25) is 0 Å². The van der Waals surface area contributed by atoms with Gasteiger partial charge in [-0.2, -0.15) is 0 Å². The lowest BCUT2D eigenvalue weighted by atomic mass is 10.1. The van der Waals surface area contributed by atoms with Crippen LogP contribution in [-0.2, 0) is 6.42 Å². The first kappa shape index (κ1) is 14.4. The summed E-state index contributed by atoms with van der Waals surface area (Å²) in [5.74, 6) is 0. The Hall–Kier alpha value is -1.06. The maximum absolute atomic E-state index is 5.84. The van der Waals surface area contributed by atoms with Crippen molar-refractivity contribution in [2.45, 2.75) is 45.2 Å². The molecule has 3 N–H and O–H groups in total. The Labute approximate surface area is 117 Å². The van der Waals surface area contributed by atoms with E-state index in [9.17, 15) is 0 Å². The lowest BCUT2D eigenvalue weighted by Gasteiger charge is -2.24. The van der Waals surface area contributed by atoms with E-state index in [-0.39, 0.29) is 0 Å². The predicted octanol–water partition coefficient (Wildman–Crippen LogP) is 2.58. The molecule has 1 aromatic rings. The van der Waals surface area contributed by atoms with E-state index in [4.69, 9.17) is 5.73 Å². The SMILES string of the molecule is CCC(C)N(C)CCNC1CCc2cc(N)ccc21. The minimum atomic E-state index is 0.515. The van der Waals surface area contributed by atoms with Gasteiger partial charge in [0, 0.05) is 30.9 Å². The van der Waals surface area contributed by atoms with Crippen LogP contribution < -0.4 is 11.1 Å². The lowest BCUT2D eigenvalue weighted by molar-refractivity contribution is 0.248. The van der Waals surface area contributed by atoms with Crippen molar-refractivity contribution in [3.8, 4) is 0 Å². The van der Waals surface area contributed by atoms with E-state index in [1.807, 2.05) is 6.07 Å². The third-order valence-corrected chi connectivity index (χ3v) is 4.44. The normalized spacial score (nSPS) is 19.7. The second kappa shape index (κ2) is 6.40. The average Bonchev–Trinajstić information content (AvgIpc) is 2.80. The smallest absolute Gasteiger partial charge is 0.0326 e. The minimum absolute atomic E-state index is 0.515. The summed E-state index contributed by atoms with van der Waals surface area (Å²) in [6, 6.07) is 7.51. The van der Waals surface area contributed by atoms with Crippen molar-refractivity contribution in [1.82, 2.24) is 10.2 Å². The summed E-state index contributed by atoms with van der Waals surface area (Å²) in [6.07, 6.45) is 3.56. The second-order valence-corrected chi connectivity index (χ2v) is 5.74. The van der Waals surface area contributed by atoms with Crippen molar-refractivity contribution >= 4 is 5.69 Å². The summed E-state index contributed by atoms with van der Waals surface area (Å²) < 4.78 is 0. The predicted molar refractivity (Wildman–Crippen MR) is 82.3 cm³/mol. The standard InChI is InChI=1S/C16H27N3/c1-4-12(2)19(3)10-9-18-16-8-5-13-11-14(17)6-7-15(13)16/h6-7,11-12,16,18H,4-5,8-10,17H2,1-3H3.